The Morgan fingerprint density at radius 3 is 2.37 bits per heavy atom. The summed E-state index contributed by atoms with van der Waals surface area (Å²) in [4.78, 5) is 12.8. The number of hydrogen-bond donors (Lipinski definition) is 1. The van der Waals surface area contributed by atoms with Crippen LogP contribution in [-0.4, -0.2) is 31.7 Å². The lowest BCUT2D eigenvalue weighted by Gasteiger charge is -2.31. The lowest BCUT2D eigenvalue weighted by Crippen LogP contribution is -2.43. The molecule has 1 aliphatic heterocycles. The first-order valence-corrected chi connectivity index (χ1v) is 10.9. The SMILES string of the molecule is Cc1ccc(S(=O)(=O)N2CCC(C(=O)NC(C#N)c3ccc(F)cc3F)CC2)cc1. The number of benzene rings is 2. The second-order valence-electron chi connectivity index (χ2n) is 7.23. The van der Waals surface area contributed by atoms with Crippen molar-refractivity contribution in [2.75, 3.05) is 13.1 Å². The van der Waals surface area contributed by atoms with Crippen LogP contribution in [0.1, 0.15) is 30.0 Å². The summed E-state index contributed by atoms with van der Waals surface area (Å²) in [5, 5.41) is 11.8. The van der Waals surface area contributed by atoms with Gasteiger partial charge in [0.25, 0.3) is 0 Å². The van der Waals surface area contributed by atoms with Gasteiger partial charge in [0.1, 0.15) is 17.7 Å². The average Bonchev–Trinajstić information content (AvgIpc) is 2.72. The molecule has 0 aromatic heterocycles. The van der Waals surface area contributed by atoms with Crippen molar-refractivity contribution in [3.05, 3.63) is 65.2 Å². The van der Waals surface area contributed by atoms with Gasteiger partial charge in [0.05, 0.1) is 11.0 Å². The quantitative estimate of drug-likeness (QED) is 0.785. The number of amides is 1. The lowest BCUT2D eigenvalue weighted by molar-refractivity contribution is -0.126. The van der Waals surface area contributed by atoms with Gasteiger partial charge < -0.3 is 5.32 Å². The number of halogens is 2. The summed E-state index contributed by atoms with van der Waals surface area (Å²) in [5.74, 6) is -2.66. The van der Waals surface area contributed by atoms with Crippen molar-refractivity contribution >= 4 is 15.9 Å². The van der Waals surface area contributed by atoms with Crippen LogP contribution in [0.2, 0.25) is 0 Å². The summed E-state index contributed by atoms with van der Waals surface area (Å²) in [6.07, 6.45) is 0.557. The van der Waals surface area contributed by atoms with Gasteiger partial charge in [0.2, 0.25) is 15.9 Å². The summed E-state index contributed by atoms with van der Waals surface area (Å²) >= 11 is 0. The molecular formula is C21H21F2N3O3S. The second kappa shape index (κ2) is 8.90. The van der Waals surface area contributed by atoms with E-state index in [2.05, 4.69) is 5.32 Å². The highest BCUT2D eigenvalue weighted by Gasteiger charge is 2.33. The zero-order valence-corrected chi connectivity index (χ0v) is 17.1. The Kier molecular flexibility index (Phi) is 6.48. The highest BCUT2D eigenvalue weighted by Crippen LogP contribution is 2.25. The molecule has 2 aromatic rings. The zero-order chi connectivity index (χ0) is 21.9. The number of aryl methyl sites for hydroxylation is 1. The first-order chi connectivity index (χ1) is 14.2. The molecule has 1 amide bonds. The second-order valence-corrected chi connectivity index (χ2v) is 9.17. The van der Waals surface area contributed by atoms with Crippen molar-refractivity contribution in [3.8, 4) is 6.07 Å². The molecule has 30 heavy (non-hydrogen) atoms. The maximum atomic E-state index is 13.9. The summed E-state index contributed by atoms with van der Waals surface area (Å²) in [7, 11) is -3.64. The number of nitriles is 1. The summed E-state index contributed by atoms with van der Waals surface area (Å²) in [6, 6.07) is 9.90. The van der Waals surface area contributed by atoms with E-state index in [-0.39, 0.29) is 36.4 Å². The Balaban J connectivity index is 1.63. The van der Waals surface area contributed by atoms with Gasteiger partial charge in [-0.15, -0.1) is 0 Å². The van der Waals surface area contributed by atoms with E-state index in [0.717, 1.165) is 17.7 Å². The average molecular weight is 433 g/mol. The number of carbonyl (C=O) groups excluding carboxylic acids is 1. The van der Waals surface area contributed by atoms with Gasteiger partial charge in [-0.05, 0) is 38.0 Å². The minimum absolute atomic E-state index is 0.119. The molecule has 3 rings (SSSR count). The van der Waals surface area contributed by atoms with E-state index in [0.29, 0.717) is 6.07 Å². The molecule has 1 aliphatic rings. The third-order valence-corrected chi connectivity index (χ3v) is 7.09. The fraction of sp³-hybridized carbons (Fsp3) is 0.333. The molecule has 0 bridgehead atoms. The van der Waals surface area contributed by atoms with Gasteiger partial charge in [-0.1, -0.05) is 23.8 Å². The van der Waals surface area contributed by atoms with Crippen molar-refractivity contribution in [1.82, 2.24) is 9.62 Å². The predicted molar refractivity (Wildman–Crippen MR) is 106 cm³/mol. The van der Waals surface area contributed by atoms with Gasteiger partial charge in [-0.2, -0.15) is 9.57 Å². The van der Waals surface area contributed by atoms with Crippen LogP contribution in [0.4, 0.5) is 8.78 Å². The standard InChI is InChI=1S/C21H21F2N3O3S/c1-14-2-5-17(6-3-14)30(28,29)26-10-8-15(9-11-26)21(27)25-20(13-24)18-7-4-16(22)12-19(18)23/h2-7,12,15,20H,8-11H2,1H3,(H,25,27). The molecule has 1 N–H and O–H groups in total. The summed E-state index contributed by atoms with van der Waals surface area (Å²) < 4.78 is 53.9. The predicted octanol–water partition coefficient (Wildman–Crippen LogP) is 3.06. The lowest BCUT2D eigenvalue weighted by atomic mass is 9.96. The van der Waals surface area contributed by atoms with E-state index in [9.17, 15) is 27.3 Å². The number of nitrogens with zero attached hydrogens (tertiary/aromatic N) is 2. The highest BCUT2D eigenvalue weighted by atomic mass is 32.2. The molecule has 0 aliphatic carbocycles. The van der Waals surface area contributed by atoms with Crippen molar-refractivity contribution in [3.63, 3.8) is 0 Å². The highest BCUT2D eigenvalue weighted by molar-refractivity contribution is 7.89. The molecule has 0 saturated carbocycles. The maximum Gasteiger partial charge on any atom is 0.243 e. The Bertz CT molecular complexity index is 1070. The fourth-order valence-corrected chi connectivity index (χ4v) is 4.86. The van der Waals surface area contributed by atoms with Gasteiger partial charge in [0.15, 0.2) is 0 Å². The van der Waals surface area contributed by atoms with Gasteiger partial charge in [0, 0.05) is 30.6 Å². The zero-order valence-electron chi connectivity index (χ0n) is 16.3. The first kappa shape index (κ1) is 21.9. The van der Waals surface area contributed by atoms with E-state index < -0.39 is 39.5 Å². The van der Waals surface area contributed by atoms with Gasteiger partial charge in [-0.3, -0.25) is 4.79 Å². The van der Waals surface area contributed by atoms with Gasteiger partial charge in [-0.25, -0.2) is 17.2 Å². The topological polar surface area (TPSA) is 90.3 Å². The smallest absolute Gasteiger partial charge is 0.243 e. The van der Waals surface area contributed by atoms with Crippen LogP contribution in [0.5, 0.6) is 0 Å². The van der Waals surface area contributed by atoms with E-state index in [1.165, 1.54) is 4.31 Å². The van der Waals surface area contributed by atoms with Crippen LogP contribution in [0, 0.1) is 35.8 Å². The van der Waals surface area contributed by atoms with E-state index in [4.69, 9.17) is 0 Å². The first-order valence-electron chi connectivity index (χ1n) is 9.44. The van der Waals surface area contributed by atoms with Crippen molar-refractivity contribution in [1.29, 1.82) is 5.26 Å². The Morgan fingerprint density at radius 2 is 1.80 bits per heavy atom. The Morgan fingerprint density at radius 1 is 1.17 bits per heavy atom. The molecule has 6 nitrogen and oxygen atoms in total. The maximum absolute atomic E-state index is 13.9. The van der Waals surface area contributed by atoms with E-state index in [1.807, 2.05) is 13.0 Å². The largest absolute Gasteiger partial charge is 0.336 e. The third kappa shape index (κ3) is 4.66. The fourth-order valence-electron chi connectivity index (χ4n) is 3.39. The summed E-state index contributed by atoms with van der Waals surface area (Å²) in [5.41, 5.74) is 0.834. The molecule has 1 saturated heterocycles. The monoisotopic (exact) mass is 433 g/mol. The normalized spacial score (nSPS) is 16.6. The Hall–Kier alpha value is -2.83. The molecule has 0 radical (unpaired) electrons. The number of nitrogens with one attached hydrogen (secondary N) is 1. The number of hydrogen-bond acceptors (Lipinski definition) is 4. The summed E-state index contributed by atoms with van der Waals surface area (Å²) in [6.45, 7) is 2.19. The molecule has 1 unspecified atom stereocenters. The molecule has 1 heterocycles. The minimum atomic E-state index is -3.64. The van der Waals surface area contributed by atoms with Crippen molar-refractivity contribution < 1.29 is 22.0 Å². The van der Waals surface area contributed by atoms with Crippen LogP contribution in [0.15, 0.2) is 47.4 Å². The molecular weight excluding hydrogens is 412 g/mol. The van der Waals surface area contributed by atoms with Crippen LogP contribution in [0.25, 0.3) is 0 Å². The van der Waals surface area contributed by atoms with Crippen molar-refractivity contribution in [2.45, 2.75) is 30.7 Å². The third-order valence-electron chi connectivity index (χ3n) is 5.17. The number of carbonyl (C=O) groups is 1. The van der Waals surface area contributed by atoms with E-state index >= 15 is 0 Å². The molecule has 0 spiro atoms. The number of sulfonamides is 1. The van der Waals surface area contributed by atoms with Crippen molar-refractivity contribution in [2.24, 2.45) is 5.92 Å². The molecule has 9 heteroatoms. The van der Waals surface area contributed by atoms with Crippen LogP contribution >= 0.6 is 0 Å². The molecule has 2 aromatic carbocycles. The van der Waals surface area contributed by atoms with Gasteiger partial charge >= 0.3 is 0 Å². The number of rotatable bonds is 5. The molecule has 158 valence electrons. The minimum Gasteiger partial charge on any atom is -0.336 e. The van der Waals surface area contributed by atoms with E-state index in [1.54, 1.807) is 24.3 Å². The molecule has 1 atom stereocenters. The van der Waals surface area contributed by atoms with Crippen LogP contribution in [-0.2, 0) is 14.8 Å². The molecule has 1 fully saturated rings. The van der Waals surface area contributed by atoms with Crippen LogP contribution in [0.3, 0.4) is 0 Å². The number of piperidine rings is 1. The van der Waals surface area contributed by atoms with Crippen LogP contribution < -0.4 is 5.32 Å². The Labute approximate surface area is 174 Å².